The quantitative estimate of drug-likeness (QED) is 0.403. The zero-order valence-electron chi connectivity index (χ0n) is 19.4. The molecule has 34 heavy (non-hydrogen) atoms. The number of halogens is 1. The lowest BCUT2D eigenvalue weighted by molar-refractivity contribution is -0.130. The van der Waals surface area contributed by atoms with E-state index >= 15 is 0 Å². The first-order valence-corrected chi connectivity index (χ1v) is 12.4. The summed E-state index contributed by atoms with van der Waals surface area (Å²) in [6.45, 7) is 6.94. The van der Waals surface area contributed by atoms with Gasteiger partial charge in [-0.2, -0.15) is 10.1 Å². The van der Waals surface area contributed by atoms with Gasteiger partial charge in [-0.3, -0.25) is 4.79 Å². The van der Waals surface area contributed by atoms with Gasteiger partial charge in [-0.25, -0.2) is 4.68 Å². The second-order valence-corrected chi connectivity index (χ2v) is 9.88. The van der Waals surface area contributed by atoms with E-state index in [4.69, 9.17) is 26.4 Å². The Balaban J connectivity index is 1.27. The average molecular weight is 496 g/mol. The largest absolute Gasteiger partial charge is 0.495 e. The Labute approximate surface area is 207 Å². The summed E-state index contributed by atoms with van der Waals surface area (Å²) < 4.78 is 8.22. The van der Waals surface area contributed by atoms with E-state index in [2.05, 4.69) is 36.1 Å². The van der Waals surface area contributed by atoms with Crippen LogP contribution in [0.25, 0.3) is 16.0 Å². The van der Waals surface area contributed by atoms with Gasteiger partial charge in [0.15, 0.2) is 10.8 Å². The number of aryl methyl sites for hydroxylation is 2. The van der Waals surface area contributed by atoms with E-state index < -0.39 is 0 Å². The van der Waals surface area contributed by atoms with E-state index in [1.165, 1.54) is 5.56 Å². The molecule has 2 aromatic heterocycles. The molecule has 1 amide bonds. The fourth-order valence-corrected chi connectivity index (χ4v) is 5.50. The normalized spacial score (nSPS) is 14.1. The van der Waals surface area contributed by atoms with Crippen molar-refractivity contribution in [2.45, 2.75) is 20.3 Å². The Kier molecular flexibility index (Phi) is 6.18. The average Bonchev–Trinajstić information content (AvgIpc) is 3.40. The van der Waals surface area contributed by atoms with Crippen molar-refractivity contribution in [1.29, 1.82) is 0 Å². The third-order valence-electron chi connectivity index (χ3n) is 6.13. The summed E-state index contributed by atoms with van der Waals surface area (Å²) in [4.78, 5) is 22.0. The van der Waals surface area contributed by atoms with Crippen molar-refractivity contribution in [3.05, 3.63) is 64.3 Å². The van der Waals surface area contributed by atoms with E-state index in [1.807, 2.05) is 22.6 Å². The molecule has 0 atom stereocenters. The molecule has 9 heteroatoms. The lowest BCUT2D eigenvalue weighted by Gasteiger charge is -2.34. The number of carbonyl (C=O) groups excluding carboxylic acids is 1. The van der Waals surface area contributed by atoms with Gasteiger partial charge >= 0.3 is 0 Å². The van der Waals surface area contributed by atoms with E-state index in [9.17, 15) is 4.79 Å². The number of fused-ring (bicyclic) bond motifs is 1. The van der Waals surface area contributed by atoms with Gasteiger partial charge in [0.2, 0.25) is 5.91 Å². The van der Waals surface area contributed by atoms with Crippen LogP contribution in [-0.2, 0) is 11.2 Å². The van der Waals surface area contributed by atoms with Gasteiger partial charge in [-0.1, -0.05) is 46.7 Å². The molecule has 1 aliphatic heterocycles. The molecule has 2 aromatic carbocycles. The highest BCUT2D eigenvalue weighted by molar-refractivity contribution is 7.22. The van der Waals surface area contributed by atoms with Crippen molar-refractivity contribution in [2.24, 2.45) is 0 Å². The Hall–Kier alpha value is -3.10. The number of rotatable bonds is 5. The van der Waals surface area contributed by atoms with Crippen LogP contribution in [0.1, 0.15) is 16.8 Å². The summed E-state index contributed by atoms with van der Waals surface area (Å²) in [7, 11) is 1.58. The lowest BCUT2D eigenvalue weighted by Crippen LogP contribution is -2.49. The second kappa shape index (κ2) is 9.27. The van der Waals surface area contributed by atoms with Gasteiger partial charge in [-0.05, 0) is 43.7 Å². The fourth-order valence-electron chi connectivity index (χ4n) is 4.18. The van der Waals surface area contributed by atoms with E-state index in [-0.39, 0.29) is 5.91 Å². The smallest absolute Gasteiger partial charge is 0.227 e. The molecule has 1 saturated heterocycles. The SMILES string of the molecule is COc1ccc(CC(=O)N2CCN(c3nc4c(s3)c(C)nn4-c3ccc(C)cc3)CC2)cc1Cl. The third-order valence-corrected chi connectivity index (χ3v) is 7.64. The molecule has 0 aliphatic carbocycles. The van der Waals surface area contributed by atoms with Crippen LogP contribution in [-0.4, -0.2) is 58.9 Å². The van der Waals surface area contributed by atoms with Crippen molar-refractivity contribution < 1.29 is 9.53 Å². The first-order valence-electron chi connectivity index (χ1n) is 11.2. The number of hydrogen-bond acceptors (Lipinski definition) is 6. The minimum Gasteiger partial charge on any atom is -0.495 e. The molecule has 0 N–H and O–H groups in total. The number of benzene rings is 2. The van der Waals surface area contributed by atoms with Gasteiger partial charge in [0.05, 0.1) is 34.6 Å². The third kappa shape index (κ3) is 4.35. The maximum atomic E-state index is 12.9. The standard InChI is InChI=1S/C25H26ClN5O2S/c1-16-4-7-19(8-5-16)31-24-23(17(2)28-31)34-25(27-24)30-12-10-29(11-13-30)22(32)15-18-6-9-21(33-3)20(26)14-18/h4-9,14H,10-13,15H2,1-3H3. The Morgan fingerprint density at radius 3 is 2.50 bits per heavy atom. The number of nitrogens with zero attached hydrogens (tertiary/aromatic N) is 5. The van der Waals surface area contributed by atoms with Crippen molar-refractivity contribution in [3.63, 3.8) is 0 Å². The Morgan fingerprint density at radius 1 is 1.09 bits per heavy atom. The summed E-state index contributed by atoms with van der Waals surface area (Å²) in [6.07, 6.45) is 0.330. The minimum absolute atomic E-state index is 0.107. The summed E-state index contributed by atoms with van der Waals surface area (Å²) in [5, 5.41) is 6.20. The van der Waals surface area contributed by atoms with E-state index in [0.717, 1.165) is 45.5 Å². The number of amides is 1. The van der Waals surface area contributed by atoms with Crippen molar-refractivity contribution in [3.8, 4) is 11.4 Å². The van der Waals surface area contributed by atoms with Crippen LogP contribution in [0, 0.1) is 13.8 Å². The topological polar surface area (TPSA) is 63.5 Å². The summed E-state index contributed by atoms with van der Waals surface area (Å²) in [5.74, 6) is 0.721. The van der Waals surface area contributed by atoms with Crippen LogP contribution >= 0.6 is 22.9 Å². The maximum absolute atomic E-state index is 12.9. The number of piperazine rings is 1. The molecule has 0 spiro atoms. The predicted molar refractivity (Wildman–Crippen MR) is 137 cm³/mol. The van der Waals surface area contributed by atoms with Gasteiger partial charge in [0, 0.05) is 26.2 Å². The Bertz CT molecular complexity index is 1340. The predicted octanol–water partition coefficient (Wildman–Crippen LogP) is 4.65. The van der Waals surface area contributed by atoms with Crippen molar-refractivity contribution in [1.82, 2.24) is 19.7 Å². The first kappa shape index (κ1) is 22.7. The number of anilines is 1. The molecule has 3 heterocycles. The van der Waals surface area contributed by atoms with Crippen molar-refractivity contribution >= 4 is 44.3 Å². The summed E-state index contributed by atoms with van der Waals surface area (Å²) >= 11 is 7.88. The van der Waals surface area contributed by atoms with Gasteiger partial charge in [0.1, 0.15) is 5.75 Å². The number of hydrogen-bond donors (Lipinski definition) is 0. The Morgan fingerprint density at radius 2 is 1.82 bits per heavy atom. The molecule has 5 rings (SSSR count). The zero-order valence-corrected chi connectivity index (χ0v) is 21.0. The second-order valence-electron chi connectivity index (χ2n) is 8.50. The van der Waals surface area contributed by atoms with Gasteiger partial charge in [0.25, 0.3) is 0 Å². The zero-order chi connectivity index (χ0) is 23.8. The van der Waals surface area contributed by atoms with Crippen LogP contribution in [0.4, 0.5) is 5.13 Å². The molecule has 1 aliphatic rings. The van der Waals surface area contributed by atoms with Crippen molar-refractivity contribution in [2.75, 3.05) is 38.2 Å². The van der Waals surface area contributed by atoms with Crippen LogP contribution < -0.4 is 9.64 Å². The van der Waals surface area contributed by atoms with Crippen LogP contribution in [0.2, 0.25) is 5.02 Å². The maximum Gasteiger partial charge on any atom is 0.227 e. The molecule has 0 saturated carbocycles. The first-order chi connectivity index (χ1) is 16.4. The fraction of sp³-hybridized carbons (Fsp3) is 0.320. The van der Waals surface area contributed by atoms with E-state index in [0.29, 0.717) is 30.3 Å². The molecular formula is C25H26ClN5O2S. The highest BCUT2D eigenvalue weighted by Crippen LogP contribution is 2.33. The van der Waals surface area contributed by atoms with Gasteiger partial charge in [-0.15, -0.1) is 0 Å². The highest BCUT2D eigenvalue weighted by atomic mass is 35.5. The van der Waals surface area contributed by atoms with Crippen LogP contribution in [0.15, 0.2) is 42.5 Å². The van der Waals surface area contributed by atoms with Crippen LogP contribution in [0.3, 0.4) is 0 Å². The molecule has 176 valence electrons. The number of methoxy groups -OCH3 is 1. The lowest BCUT2D eigenvalue weighted by atomic mass is 10.1. The van der Waals surface area contributed by atoms with E-state index in [1.54, 1.807) is 30.6 Å². The number of ether oxygens (including phenoxy) is 1. The summed E-state index contributed by atoms with van der Waals surface area (Å²) in [6, 6.07) is 13.8. The molecule has 7 nitrogen and oxygen atoms in total. The van der Waals surface area contributed by atoms with Gasteiger partial charge < -0.3 is 14.5 Å². The molecule has 1 fully saturated rings. The summed E-state index contributed by atoms with van der Waals surface area (Å²) in [5.41, 5.74) is 4.98. The van der Waals surface area contributed by atoms with Crippen LogP contribution in [0.5, 0.6) is 5.75 Å². The highest BCUT2D eigenvalue weighted by Gasteiger charge is 2.25. The minimum atomic E-state index is 0.107. The molecule has 0 bridgehead atoms. The molecule has 0 unspecified atom stereocenters. The number of thiazole rings is 1. The number of aromatic nitrogens is 3. The molecule has 4 aromatic rings. The molecule has 0 radical (unpaired) electrons. The number of carbonyl (C=O) groups is 1. The molecular weight excluding hydrogens is 470 g/mol. The monoisotopic (exact) mass is 495 g/mol.